The van der Waals surface area contributed by atoms with E-state index in [1.807, 2.05) is 7.05 Å². The van der Waals surface area contributed by atoms with Crippen molar-refractivity contribution in [1.82, 2.24) is 20.2 Å². The largest absolute Gasteiger partial charge is 0.511 e. The molecule has 0 radical (unpaired) electrons. The lowest BCUT2D eigenvalue weighted by molar-refractivity contribution is 0.192. The quantitative estimate of drug-likeness (QED) is 0.627. The van der Waals surface area contributed by atoms with Crippen LogP contribution in [-0.2, 0) is 13.0 Å². The highest BCUT2D eigenvalue weighted by Gasteiger charge is 2.30. The van der Waals surface area contributed by atoms with Gasteiger partial charge in [0.25, 0.3) is 0 Å². The van der Waals surface area contributed by atoms with Gasteiger partial charge in [0.2, 0.25) is 5.28 Å². The Morgan fingerprint density at radius 1 is 1.43 bits per heavy atom. The first-order valence-electron chi connectivity index (χ1n) is 7.15. The van der Waals surface area contributed by atoms with E-state index in [2.05, 4.69) is 31.7 Å². The Morgan fingerprint density at radius 3 is 3.00 bits per heavy atom. The third-order valence-corrected chi connectivity index (χ3v) is 4.39. The Labute approximate surface area is 129 Å². The first kappa shape index (κ1) is 14.6. The van der Waals surface area contributed by atoms with Crippen molar-refractivity contribution in [2.45, 2.75) is 19.0 Å². The maximum atomic E-state index is 9.77. The predicted octanol–water partition coefficient (Wildman–Crippen LogP) is 0.968. The number of nitrogens with zero attached hydrogens (tertiary/aromatic N) is 4. The van der Waals surface area contributed by atoms with E-state index in [-0.39, 0.29) is 17.1 Å². The molecule has 1 aromatic heterocycles. The smallest absolute Gasteiger partial charge is 0.224 e. The third-order valence-electron chi connectivity index (χ3n) is 4.22. The summed E-state index contributed by atoms with van der Waals surface area (Å²) in [4.78, 5) is 13.1. The average Bonchev–Trinajstić information content (AvgIpc) is 2.46. The number of rotatable bonds is 2. The van der Waals surface area contributed by atoms with Crippen molar-refractivity contribution in [2.24, 2.45) is 0 Å². The zero-order chi connectivity index (χ0) is 15.0. The van der Waals surface area contributed by atoms with Crippen molar-refractivity contribution in [1.29, 1.82) is 0 Å². The van der Waals surface area contributed by atoms with Gasteiger partial charge in [-0.15, -0.1) is 0 Å². The van der Waals surface area contributed by atoms with Crippen molar-refractivity contribution in [2.75, 3.05) is 38.1 Å². The molecule has 1 fully saturated rings. The summed E-state index contributed by atoms with van der Waals surface area (Å²) in [6, 6.07) is -0.0788. The molecule has 0 bridgehead atoms. The molecule has 21 heavy (non-hydrogen) atoms. The standard InChI is InChI=1S/C14H20ClN5O/c1-9(21)12-8-20(6-5-19(12)2)13-10-3-4-16-7-11(10)17-14(15)18-13/h12,16,21H,1,3-8H2,2H3. The number of nitrogens with one attached hydrogen (secondary N) is 1. The number of anilines is 1. The van der Waals surface area contributed by atoms with Crippen LogP contribution in [0.2, 0.25) is 5.28 Å². The van der Waals surface area contributed by atoms with Crippen molar-refractivity contribution >= 4 is 17.4 Å². The van der Waals surface area contributed by atoms with Crippen LogP contribution in [0.4, 0.5) is 5.82 Å². The first-order chi connectivity index (χ1) is 10.1. The van der Waals surface area contributed by atoms with Gasteiger partial charge < -0.3 is 15.3 Å². The van der Waals surface area contributed by atoms with Crippen LogP contribution in [0.15, 0.2) is 12.3 Å². The Hall–Kier alpha value is -1.37. The fourth-order valence-corrected chi connectivity index (χ4v) is 3.18. The van der Waals surface area contributed by atoms with E-state index in [1.165, 1.54) is 5.56 Å². The number of aliphatic hydroxyl groups excluding tert-OH is 1. The number of hydrogen-bond donors (Lipinski definition) is 2. The minimum atomic E-state index is -0.0788. The van der Waals surface area contributed by atoms with Gasteiger partial charge in [0, 0.05) is 31.7 Å². The molecular weight excluding hydrogens is 290 g/mol. The summed E-state index contributed by atoms with van der Waals surface area (Å²) in [6.07, 6.45) is 0.902. The van der Waals surface area contributed by atoms with E-state index in [1.54, 1.807) is 0 Å². The Bertz CT molecular complexity index is 565. The van der Waals surface area contributed by atoms with Crippen molar-refractivity contribution in [3.05, 3.63) is 28.9 Å². The zero-order valence-corrected chi connectivity index (χ0v) is 12.9. The molecule has 7 heteroatoms. The molecule has 2 N–H and O–H groups in total. The molecule has 0 amide bonds. The Morgan fingerprint density at radius 2 is 2.24 bits per heavy atom. The summed E-state index contributed by atoms with van der Waals surface area (Å²) < 4.78 is 0. The van der Waals surface area contributed by atoms with Crippen LogP contribution in [-0.4, -0.2) is 59.2 Å². The molecule has 1 saturated heterocycles. The van der Waals surface area contributed by atoms with Gasteiger partial charge in [-0.3, -0.25) is 4.90 Å². The summed E-state index contributed by atoms with van der Waals surface area (Å²) in [6.45, 7) is 7.70. The highest BCUT2D eigenvalue weighted by atomic mass is 35.5. The van der Waals surface area contributed by atoms with Gasteiger partial charge in [0.1, 0.15) is 11.6 Å². The van der Waals surface area contributed by atoms with Gasteiger partial charge in [-0.05, 0) is 31.6 Å². The van der Waals surface area contributed by atoms with Crippen molar-refractivity contribution < 1.29 is 5.11 Å². The van der Waals surface area contributed by atoms with Gasteiger partial charge in [-0.25, -0.2) is 9.97 Å². The molecule has 3 heterocycles. The number of fused-ring (bicyclic) bond motifs is 1. The van der Waals surface area contributed by atoms with Crippen LogP contribution in [0.5, 0.6) is 0 Å². The minimum absolute atomic E-state index is 0.0788. The Kier molecular flexibility index (Phi) is 4.01. The van der Waals surface area contributed by atoms with E-state index >= 15 is 0 Å². The maximum Gasteiger partial charge on any atom is 0.224 e. The van der Waals surface area contributed by atoms with Crippen LogP contribution in [0.3, 0.4) is 0 Å². The topological polar surface area (TPSA) is 64.5 Å². The molecule has 0 spiro atoms. The number of aromatic nitrogens is 2. The first-order valence-corrected chi connectivity index (χ1v) is 7.53. The molecule has 0 aliphatic carbocycles. The number of hydrogen-bond acceptors (Lipinski definition) is 6. The number of likely N-dealkylation sites (N-methyl/N-ethyl adjacent to an activating group) is 1. The number of piperazine rings is 1. The van der Waals surface area contributed by atoms with Crippen LogP contribution in [0.1, 0.15) is 11.3 Å². The molecule has 2 aliphatic heterocycles. The Balaban J connectivity index is 1.93. The van der Waals surface area contributed by atoms with Crippen LogP contribution >= 0.6 is 11.6 Å². The molecule has 1 aromatic rings. The molecule has 1 unspecified atom stereocenters. The molecular formula is C14H20ClN5O. The lowest BCUT2D eigenvalue weighted by Gasteiger charge is -2.40. The normalized spacial score (nSPS) is 23.0. The third kappa shape index (κ3) is 2.84. The highest BCUT2D eigenvalue weighted by Crippen LogP contribution is 2.27. The van der Waals surface area contributed by atoms with Crippen molar-refractivity contribution in [3.8, 4) is 0 Å². The average molecular weight is 310 g/mol. The second kappa shape index (κ2) is 5.79. The predicted molar refractivity (Wildman–Crippen MR) is 82.9 cm³/mol. The fraction of sp³-hybridized carbons (Fsp3) is 0.571. The molecule has 0 aromatic carbocycles. The molecule has 3 rings (SSSR count). The van der Waals surface area contributed by atoms with Crippen molar-refractivity contribution in [3.63, 3.8) is 0 Å². The number of aliphatic hydroxyl groups is 1. The van der Waals surface area contributed by atoms with E-state index in [9.17, 15) is 5.11 Å². The van der Waals surface area contributed by atoms with Crippen LogP contribution in [0, 0.1) is 0 Å². The summed E-state index contributed by atoms with van der Waals surface area (Å²) in [5, 5.41) is 13.4. The van der Waals surface area contributed by atoms with E-state index in [0.717, 1.165) is 44.1 Å². The summed E-state index contributed by atoms with van der Waals surface area (Å²) in [5.74, 6) is 1.10. The maximum absolute atomic E-state index is 9.77. The molecule has 114 valence electrons. The lowest BCUT2D eigenvalue weighted by atomic mass is 10.1. The monoisotopic (exact) mass is 309 g/mol. The molecule has 6 nitrogen and oxygen atoms in total. The summed E-state index contributed by atoms with van der Waals surface area (Å²) in [7, 11) is 2.00. The zero-order valence-electron chi connectivity index (χ0n) is 12.1. The molecule has 1 atom stereocenters. The molecule has 0 saturated carbocycles. The summed E-state index contributed by atoms with van der Waals surface area (Å²) in [5.41, 5.74) is 2.15. The highest BCUT2D eigenvalue weighted by molar-refractivity contribution is 6.28. The van der Waals surface area contributed by atoms with Crippen LogP contribution in [0.25, 0.3) is 0 Å². The van der Waals surface area contributed by atoms with Gasteiger partial charge in [0.15, 0.2) is 0 Å². The second-order valence-electron chi connectivity index (χ2n) is 5.60. The van der Waals surface area contributed by atoms with Gasteiger partial charge in [0.05, 0.1) is 11.7 Å². The van der Waals surface area contributed by atoms with E-state index in [0.29, 0.717) is 6.54 Å². The van der Waals surface area contributed by atoms with Gasteiger partial charge >= 0.3 is 0 Å². The SMILES string of the molecule is C=C(O)C1CN(c2nc(Cl)nc3c2CCNC3)CCN1C. The second-order valence-corrected chi connectivity index (χ2v) is 5.94. The fourth-order valence-electron chi connectivity index (χ4n) is 3.00. The van der Waals surface area contributed by atoms with Crippen LogP contribution < -0.4 is 10.2 Å². The van der Waals surface area contributed by atoms with Gasteiger partial charge in [-0.2, -0.15) is 0 Å². The lowest BCUT2D eigenvalue weighted by Crippen LogP contribution is -2.52. The number of halogens is 1. The van der Waals surface area contributed by atoms with E-state index in [4.69, 9.17) is 11.6 Å². The molecule has 2 aliphatic rings. The van der Waals surface area contributed by atoms with E-state index < -0.39 is 0 Å². The minimum Gasteiger partial charge on any atom is -0.511 e. The van der Waals surface area contributed by atoms with Gasteiger partial charge in [-0.1, -0.05) is 6.58 Å². The summed E-state index contributed by atoms with van der Waals surface area (Å²) >= 11 is 6.07.